The number of ketones is 1. The summed E-state index contributed by atoms with van der Waals surface area (Å²) in [6.45, 7) is 6.35. The number of fused-ring (bicyclic) bond motifs is 1. The van der Waals surface area contributed by atoms with Gasteiger partial charge in [0.15, 0.2) is 10.1 Å². The second-order valence-corrected chi connectivity index (χ2v) is 13.2. The van der Waals surface area contributed by atoms with E-state index in [9.17, 15) is 14.7 Å². The van der Waals surface area contributed by atoms with Crippen LogP contribution in [0, 0.1) is 13.8 Å². The van der Waals surface area contributed by atoms with E-state index in [1.165, 1.54) is 28.0 Å². The van der Waals surface area contributed by atoms with Gasteiger partial charge in [-0.15, -0.1) is 10.2 Å². The number of rotatable bonds is 10. The molecule has 0 bridgehead atoms. The molecule has 1 aliphatic rings. The Bertz CT molecular complexity index is 1950. The molecule has 1 saturated heterocycles. The number of aromatic nitrogens is 4. The highest BCUT2D eigenvalue weighted by Gasteiger charge is 2.49. The molecule has 3 aromatic heterocycles. The number of hydrogen-bond donors (Lipinski definition) is 1. The summed E-state index contributed by atoms with van der Waals surface area (Å²) in [4.78, 5) is 33.6. The van der Waals surface area contributed by atoms with Crippen LogP contribution in [0.3, 0.4) is 0 Å². The number of nitrogens with zero attached hydrogens (tertiary/aromatic N) is 5. The van der Waals surface area contributed by atoms with Gasteiger partial charge in [0, 0.05) is 17.0 Å². The van der Waals surface area contributed by atoms with Crippen molar-refractivity contribution in [3.05, 3.63) is 106 Å². The molecule has 0 radical (unpaired) electrons. The van der Waals surface area contributed by atoms with Gasteiger partial charge < -0.3 is 14.2 Å². The van der Waals surface area contributed by atoms with Crippen molar-refractivity contribution < 1.29 is 19.4 Å². The van der Waals surface area contributed by atoms with Gasteiger partial charge >= 0.3 is 5.91 Å². The minimum atomic E-state index is -0.987. The first-order chi connectivity index (χ1) is 21.8. The molecule has 1 aliphatic heterocycles. The molecule has 230 valence electrons. The Morgan fingerprint density at radius 2 is 1.91 bits per heavy atom. The van der Waals surface area contributed by atoms with Crippen LogP contribution < -0.4 is 9.64 Å². The van der Waals surface area contributed by atoms with Crippen molar-refractivity contribution >= 4 is 62.9 Å². The normalized spacial score (nSPS) is 16.2. The van der Waals surface area contributed by atoms with E-state index in [-0.39, 0.29) is 22.2 Å². The Hall–Kier alpha value is -4.19. The van der Waals surface area contributed by atoms with E-state index < -0.39 is 17.7 Å². The molecular formula is C33H30ClN5O4S2. The Morgan fingerprint density at radius 3 is 2.69 bits per heavy atom. The smallest absolute Gasteiger partial charge is 0.301 e. The number of carbonyl (C=O) groups excluding carboxylic acids is 2. The highest BCUT2D eigenvalue weighted by Crippen LogP contribution is 2.45. The Morgan fingerprint density at radius 1 is 1.09 bits per heavy atom. The molecule has 5 aromatic rings. The average Bonchev–Trinajstić information content (AvgIpc) is 3.72. The van der Waals surface area contributed by atoms with Gasteiger partial charge in [0.1, 0.15) is 17.1 Å². The standard InChI is InChI=1S/C33H30ClN5O4S2/c1-4-5-16-43-23-13-8-12-21(17-23)27-25(28(40)26-20(3)38-15-9-10-19(2)30(38)35-26)29(41)31(42)39(27)32-36-37-33(45-32)44-18-22-11-6-7-14-24(22)34/h6-15,17,27,40H,4-5,16,18H2,1-3H3. The van der Waals surface area contributed by atoms with Crippen LogP contribution in [0.25, 0.3) is 11.4 Å². The number of Topliss-reactive ketones (excluding diaryl/α,β-unsaturated/α-hetero) is 1. The van der Waals surface area contributed by atoms with Gasteiger partial charge in [0.05, 0.1) is 23.9 Å². The molecule has 0 aliphatic carbocycles. The van der Waals surface area contributed by atoms with Crippen LogP contribution in [0.1, 0.15) is 53.9 Å². The zero-order valence-electron chi connectivity index (χ0n) is 24.9. The molecule has 1 N–H and O–H groups in total. The van der Waals surface area contributed by atoms with Crippen molar-refractivity contribution in [3.8, 4) is 5.75 Å². The summed E-state index contributed by atoms with van der Waals surface area (Å²) < 4.78 is 8.42. The first kappa shape index (κ1) is 30.8. The topological polar surface area (TPSA) is 110 Å². The van der Waals surface area contributed by atoms with Crippen molar-refractivity contribution in [2.75, 3.05) is 11.5 Å². The minimum absolute atomic E-state index is 0.0738. The largest absolute Gasteiger partial charge is 0.505 e. The van der Waals surface area contributed by atoms with Crippen molar-refractivity contribution in [2.24, 2.45) is 0 Å². The van der Waals surface area contributed by atoms with E-state index in [2.05, 4.69) is 22.1 Å². The zero-order chi connectivity index (χ0) is 31.7. The van der Waals surface area contributed by atoms with Crippen molar-refractivity contribution in [1.82, 2.24) is 19.6 Å². The lowest BCUT2D eigenvalue weighted by Gasteiger charge is -2.23. The van der Waals surface area contributed by atoms with Gasteiger partial charge in [-0.2, -0.15) is 0 Å². The molecule has 6 rings (SSSR count). The van der Waals surface area contributed by atoms with E-state index in [1.807, 2.05) is 66.9 Å². The zero-order valence-corrected chi connectivity index (χ0v) is 27.2. The van der Waals surface area contributed by atoms with Gasteiger partial charge in [-0.3, -0.25) is 14.5 Å². The van der Waals surface area contributed by atoms with Gasteiger partial charge in [0.2, 0.25) is 5.13 Å². The molecule has 1 amide bonds. The average molecular weight is 660 g/mol. The molecule has 9 nitrogen and oxygen atoms in total. The number of ether oxygens (including phenoxy) is 1. The Balaban J connectivity index is 1.44. The number of amides is 1. The lowest BCUT2D eigenvalue weighted by Crippen LogP contribution is -2.29. The van der Waals surface area contributed by atoms with Gasteiger partial charge in [0.25, 0.3) is 5.78 Å². The summed E-state index contributed by atoms with van der Waals surface area (Å²) in [6, 6.07) is 17.6. The van der Waals surface area contributed by atoms with Crippen LogP contribution in [0.2, 0.25) is 5.02 Å². The first-order valence-electron chi connectivity index (χ1n) is 14.5. The number of unbranched alkanes of at least 4 members (excludes halogenated alkanes) is 1. The number of thioether (sulfide) groups is 1. The summed E-state index contributed by atoms with van der Waals surface area (Å²) in [5.41, 5.74) is 3.89. The number of imidazole rings is 1. The molecule has 45 heavy (non-hydrogen) atoms. The molecule has 1 unspecified atom stereocenters. The summed E-state index contributed by atoms with van der Waals surface area (Å²) in [5.74, 6) is -0.838. The van der Waals surface area contributed by atoms with Crippen LogP contribution in [0.15, 0.2) is 76.8 Å². The fourth-order valence-corrected chi connectivity index (χ4v) is 7.39. The SMILES string of the molecule is CCCCOc1cccc(C2C(=C(O)c3nc4c(C)cccn4c3C)C(=O)C(=O)N2c2nnc(SCc3ccccc3Cl)s2)c1. The summed E-state index contributed by atoms with van der Waals surface area (Å²) in [6.07, 6.45) is 3.71. The third-order valence-electron chi connectivity index (χ3n) is 7.60. The van der Waals surface area contributed by atoms with E-state index in [0.29, 0.717) is 44.4 Å². The third kappa shape index (κ3) is 5.95. The van der Waals surface area contributed by atoms with E-state index in [4.69, 9.17) is 16.3 Å². The maximum absolute atomic E-state index is 13.8. The maximum Gasteiger partial charge on any atom is 0.301 e. The van der Waals surface area contributed by atoms with E-state index in [0.717, 1.165) is 24.0 Å². The first-order valence-corrected chi connectivity index (χ1v) is 16.6. The summed E-state index contributed by atoms with van der Waals surface area (Å²) >= 11 is 8.96. The Kier molecular flexibility index (Phi) is 8.93. The third-order valence-corrected chi connectivity index (χ3v) is 10.1. The lowest BCUT2D eigenvalue weighted by molar-refractivity contribution is -0.132. The van der Waals surface area contributed by atoms with E-state index in [1.54, 1.807) is 18.2 Å². The second-order valence-electron chi connectivity index (χ2n) is 10.6. The highest BCUT2D eigenvalue weighted by atomic mass is 35.5. The number of aliphatic hydroxyl groups is 1. The molecule has 0 spiro atoms. The number of pyridine rings is 1. The van der Waals surface area contributed by atoms with Crippen LogP contribution in [0.4, 0.5) is 5.13 Å². The molecule has 1 fully saturated rings. The molecular weight excluding hydrogens is 630 g/mol. The molecule has 4 heterocycles. The number of aryl methyl sites for hydroxylation is 2. The predicted octanol–water partition coefficient (Wildman–Crippen LogP) is 7.55. The quantitative estimate of drug-likeness (QED) is 0.0409. The number of carbonyl (C=O) groups is 2. The highest BCUT2D eigenvalue weighted by molar-refractivity contribution is 8.00. The van der Waals surface area contributed by atoms with Gasteiger partial charge in [-0.05, 0) is 61.2 Å². The minimum Gasteiger partial charge on any atom is -0.505 e. The number of aliphatic hydroxyl groups excluding tert-OH is 1. The fraction of sp³-hybridized carbons (Fsp3) is 0.242. The lowest BCUT2D eigenvalue weighted by atomic mass is 9.96. The fourth-order valence-electron chi connectivity index (χ4n) is 5.24. The molecule has 12 heteroatoms. The van der Waals surface area contributed by atoms with Crippen LogP contribution in [-0.4, -0.2) is 43.0 Å². The van der Waals surface area contributed by atoms with Gasteiger partial charge in [-0.1, -0.05) is 84.4 Å². The molecule has 1 atom stereocenters. The van der Waals surface area contributed by atoms with Crippen molar-refractivity contribution in [2.45, 2.75) is 49.7 Å². The van der Waals surface area contributed by atoms with Crippen LogP contribution in [0.5, 0.6) is 5.75 Å². The van der Waals surface area contributed by atoms with Crippen molar-refractivity contribution in [1.29, 1.82) is 0 Å². The molecule has 0 saturated carbocycles. The maximum atomic E-state index is 13.8. The monoisotopic (exact) mass is 659 g/mol. The molecule has 2 aromatic carbocycles. The second kappa shape index (κ2) is 13.0. The summed E-state index contributed by atoms with van der Waals surface area (Å²) in [5, 5.41) is 21.3. The van der Waals surface area contributed by atoms with Gasteiger partial charge in [-0.25, -0.2) is 4.98 Å². The summed E-state index contributed by atoms with van der Waals surface area (Å²) in [7, 11) is 0. The number of benzene rings is 2. The number of halogens is 1. The number of hydrogen-bond acceptors (Lipinski definition) is 9. The van der Waals surface area contributed by atoms with E-state index >= 15 is 0 Å². The van der Waals surface area contributed by atoms with Crippen LogP contribution >= 0.6 is 34.7 Å². The number of anilines is 1. The van der Waals surface area contributed by atoms with Crippen LogP contribution in [-0.2, 0) is 15.3 Å². The Labute approximate surface area is 273 Å². The predicted molar refractivity (Wildman–Crippen MR) is 177 cm³/mol. The van der Waals surface area contributed by atoms with Crippen molar-refractivity contribution in [3.63, 3.8) is 0 Å².